The zero-order valence-corrected chi connectivity index (χ0v) is 24.0. The molecule has 0 unspecified atom stereocenters. The Morgan fingerprint density at radius 3 is 2.21 bits per heavy atom. The summed E-state index contributed by atoms with van der Waals surface area (Å²) in [7, 11) is 0. The van der Waals surface area contributed by atoms with Gasteiger partial charge in [0.15, 0.2) is 0 Å². The molecular weight excluding hydrogens is 522 g/mol. The van der Waals surface area contributed by atoms with Crippen LogP contribution in [0.3, 0.4) is 0 Å². The van der Waals surface area contributed by atoms with Gasteiger partial charge in [-0.15, -0.1) is 0 Å². The molecule has 9 rings (SSSR count). The molecule has 2 aliphatic carbocycles. The van der Waals surface area contributed by atoms with Gasteiger partial charge in [-0.1, -0.05) is 116 Å². The van der Waals surface area contributed by atoms with Gasteiger partial charge in [0.2, 0.25) is 0 Å². The van der Waals surface area contributed by atoms with E-state index in [1.54, 1.807) is 0 Å². The van der Waals surface area contributed by atoms with Gasteiger partial charge in [0.1, 0.15) is 11.5 Å². The maximum absolute atomic E-state index is 7.17. The lowest BCUT2D eigenvalue weighted by atomic mass is 9.68. The molecule has 1 saturated carbocycles. The number of benzene rings is 6. The third-order valence-corrected chi connectivity index (χ3v) is 9.99. The van der Waals surface area contributed by atoms with Crippen molar-refractivity contribution in [2.45, 2.75) is 37.5 Å². The third-order valence-electron chi connectivity index (χ3n) is 9.99. The van der Waals surface area contributed by atoms with Gasteiger partial charge in [0.25, 0.3) is 0 Å². The van der Waals surface area contributed by atoms with Crippen LogP contribution < -0.4 is 4.74 Å². The second-order valence-corrected chi connectivity index (χ2v) is 12.2. The van der Waals surface area contributed by atoms with Gasteiger partial charge in [-0.2, -0.15) is 0 Å². The van der Waals surface area contributed by atoms with Crippen LogP contribution >= 0.6 is 0 Å². The van der Waals surface area contributed by atoms with Gasteiger partial charge in [0.05, 0.1) is 0 Å². The number of ether oxygens (including phenoxy) is 1. The highest BCUT2D eigenvalue weighted by Gasteiger charge is 2.44. The minimum Gasteiger partial charge on any atom is -0.455 e. The fraction of sp³-hybridized carbons (Fsp3) is 0.146. The number of hydrogen-bond acceptors (Lipinski definition) is 2. The minimum absolute atomic E-state index is 0.0948. The van der Waals surface area contributed by atoms with Crippen LogP contribution in [0.2, 0.25) is 0 Å². The quantitative estimate of drug-likeness (QED) is 0.203. The van der Waals surface area contributed by atoms with Crippen LogP contribution in [0.4, 0.5) is 0 Å². The van der Waals surface area contributed by atoms with Crippen molar-refractivity contribution in [2.24, 2.45) is 0 Å². The first kappa shape index (κ1) is 24.6. The lowest BCUT2D eigenvalue weighted by molar-refractivity contribution is 0.352. The van der Waals surface area contributed by atoms with Gasteiger partial charge >= 0.3 is 0 Å². The van der Waals surface area contributed by atoms with E-state index in [1.807, 2.05) is 12.4 Å². The van der Waals surface area contributed by atoms with E-state index in [0.29, 0.717) is 0 Å². The van der Waals surface area contributed by atoms with Crippen molar-refractivity contribution in [3.05, 3.63) is 139 Å². The summed E-state index contributed by atoms with van der Waals surface area (Å²) in [6, 6.07) is 41.9. The first-order chi connectivity index (χ1) is 21.3. The van der Waals surface area contributed by atoms with Crippen molar-refractivity contribution >= 4 is 32.3 Å². The van der Waals surface area contributed by atoms with Gasteiger partial charge in [0, 0.05) is 39.5 Å². The number of rotatable bonds is 3. The Balaban J connectivity index is 1.29. The fourth-order valence-corrected chi connectivity index (χ4v) is 8.11. The number of hydrogen-bond donors (Lipinski definition) is 0. The Hall–Kier alpha value is -4.95. The van der Waals surface area contributed by atoms with Crippen molar-refractivity contribution in [3.8, 4) is 33.8 Å². The molecule has 0 radical (unpaired) electrons. The Kier molecular flexibility index (Phi) is 5.46. The number of nitrogens with zero attached hydrogens (tertiary/aromatic N) is 1. The van der Waals surface area contributed by atoms with Crippen LogP contribution in [0.5, 0.6) is 11.5 Å². The molecule has 0 atom stereocenters. The SMILES string of the molecule is c1ccc2c(c1)-c1c(Oc3c4ccccc4c(-c4ccc5ccccc5c4)c4cnccc34)cccc1C21CCCCC1. The van der Waals surface area contributed by atoms with Crippen molar-refractivity contribution in [2.75, 3.05) is 0 Å². The molecule has 0 aliphatic heterocycles. The normalized spacial score (nSPS) is 15.2. The van der Waals surface area contributed by atoms with Crippen LogP contribution in [0.25, 0.3) is 54.6 Å². The molecule has 1 spiro atoms. The average molecular weight is 554 g/mol. The predicted octanol–water partition coefficient (Wildman–Crippen LogP) is 11.2. The third kappa shape index (κ3) is 3.63. The first-order valence-corrected chi connectivity index (χ1v) is 15.5. The highest BCUT2D eigenvalue weighted by molar-refractivity contribution is 6.17. The van der Waals surface area contributed by atoms with E-state index in [4.69, 9.17) is 4.74 Å². The molecule has 206 valence electrons. The summed E-state index contributed by atoms with van der Waals surface area (Å²) < 4.78 is 7.17. The number of fused-ring (bicyclic) bond motifs is 8. The summed E-state index contributed by atoms with van der Waals surface area (Å²) in [6.45, 7) is 0. The van der Waals surface area contributed by atoms with Gasteiger partial charge < -0.3 is 4.74 Å². The average Bonchev–Trinajstić information content (AvgIpc) is 3.34. The summed E-state index contributed by atoms with van der Waals surface area (Å²) in [5.74, 6) is 1.84. The van der Waals surface area contributed by atoms with Crippen LogP contribution in [-0.2, 0) is 5.41 Å². The predicted molar refractivity (Wildman–Crippen MR) is 178 cm³/mol. The van der Waals surface area contributed by atoms with Gasteiger partial charge in [-0.3, -0.25) is 4.98 Å². The maximum atomic E-state index is 7.17. The molecule has 1 heterocycles. The van der Waals surface area contributed by atoms with E-state index < -0.39 is 0 Å². The summed E-state index contributed by atoms with van der Waals surface area (Å²) >= 11 is 0. The fourth-order valence-electron chi connectivity index (χ4n) is 8.11. The largest absolute Gasteiger partial charge is 0.455 e. The van der Waals surface area contributed by atoms with Crippen LogP contribution in [0.1, 0.15) is 43.2 Å². The van der Waals surface area contributed by atoms with Crippen molar-refractivity contribution in [3.63, 3.8) is 0 Å². The molecule has 2 nitrogen and oxygen atoms in total. The molecule has 1 fully saturated rings. The molecule has 0 N–H and O–H groups in total. The Morgan fingerprint density at radius 2 is 1.30 bits per heavy atom. The van der Waals surface area contributed by atoms with Gasteiger partial charge in [-0.05, 0) is 75.0 Å². The van der Waals surface area contributed by atoms with Crippen LogP contribution in [0, 0.1) is 0 Å². The molecule has 2 aliphatic rings. The Labute approximate surface area is 251 Å². The Bertz CT molecular complexity index is 2150. The zero-order valence-electron chi connectivity index (χ0n) is 24.0. The monoisotopic (exact) mass is 553 g/mol. The van der Waals surface area contributed by atoms with E-state index in [9.17, 15) is 0 Å². The topological polar surface area (TPSA) is 22.1 Å². The zero-order chi connectivity index (χ0) is 28.4. The summed E-state index contributed by atoms with van der Waals surface area (Å²) in [5, 5.41) is 6.94. The van der Waals surface area contributed by atoms with E-state index in [2.05, 4.69) is 120 Å². The number of aromatic nitrogens is 1. The standard InChI is InChI=1S/C41H31NO/c1-8-22-41(23-9-1)35-16-7-6-15-33(35)39-36(41)17-10-18-37(39)43-40-31-14-5-4-13-30(31)38(34-26-42-24-21-32(34)40)29-20-19-27-11-2-3-12-28(27)25-29/h2-7,10-21,24-26H,1,8-9,22-23H2. The molecule has 43 heavy (non-hydrogen) atoms. The molecule has 2 heteroatoms. The molecule has 7 aromatic rings. The van der Waals surface area contributed by atoms with E-state index in [1.165, 1.54) is 81.6 Å². The highest BCUT2D eigenvalue weighted by Crippen LogP contribution is 2.58. The smallest absolute Gasteiger partial charge is 0.143 e. The summed E-state index contributed by atoms with van der Waals surface area (Å²) in [4.78, 5) is 4.61. The lowest BCUT2D eigenvalue weighted by Crippen LogP contribution is -2.27. The van der Waals surface area contributed by atoms with Crippen molar-refractivity contribution in [1.82, 2.24) is 4.98 Å². The molecule has 6 aromatic carbocycles. The van der Waals surface area contributed by atoms with E-state index >= 15 is 0 Å². The molecule has 1 aromatic heterocycles. The summed E-state index contributed by atoms with van der Waals surface area (Å²) in [5.41, 5.74) is 8.00. The molecule has 0 saturated heterocycles. The lowest BCUT2D eigenvalue weighted by Gasteiger charge is -2.35. The molecule has 0 amide bonds. The first-order valence-electron chi connectivity index (χ1n) is 15.5. The van der Waals surface area contributed by atoms with Crippen molar-refractivity contribution in [1.29, 1.82) is 0 Å². The van der Waals surface area contributed by atoms with E-state index in [-0.39, 0.29) is 5.41 Å². The second kappa shape index (κ2) is 9.54. The highest BCUT2D eigenvalue weighted by atomic mass is 16.5. The van der Waals surface area contributed by atoms with Crippen LogP contribution in [-0.4, -0.2) is 4.98 Å². The second-order valence-electron chi connectivity index (χ2n) is 12.2. The molecule has 0 bridgehead atoms. The van der Waals surface area contributed by atoms with Crippen molar-refractivity contribution < 1.29 is 4.74 Å². The maximum Gasteiger partial charge on any atom is 0.143 e. The van der Waals surface area contributed by atoms with Crippen LogP contribution in [0.15, 0.2) is 128 Å². The minimum atomic E-state index is 0.0948. The Morgan fingerprint density at radius 1 is 0.558 bits per heavy atom. The summed E-state index contributed by atoms with van der Waals surface area (Å²) in [6.07, 6.45) is 10.2. The van der Waals surface area contributed by atoms with Gasteiger partial charge in [-0.25, -0.2) is 0 Å². The number of pyridine rings is 1. The van der Waals surface area contributed by atoms with E-state index in [0.717, 1.165) is 27.7 Å². The molecular formula is C41H31NO.